The number of halogens is 3. The fraction of sp³-hybridized carbons (Fsp3) is 0.368. The van der Waals surface area contributed by atoms with E-state index in [0.29, 0.717) is 10.1 Å². The van der Waals surface area contributed by atoms with Gasteiger partial charge in [0, 0.05) is 0 Å². The minimum Gasteiger partial charge on any atom is -0.147 e. The fourth-order valence-corrected chi connectivity index (χ4v) is 17.5. The van der Waals surface area contributed by atoms with Gasteiger partial charge in [0.2, 0.25) is 0 Å². The number of rotatable bonds is 2. The van der Waals surface area contributed by atoms with Crippen molar-refractivity contribution < 1.29 is 13.0 Å². The van der Waals surface area contributed by atoms with Crippen LogP contribution in [0, 0.1) is 5.92 Å². The summed E-state index contributed by atoms with van der Waals surface area (Å²) in [5.74, 6) is 0.498. The van der Waals surface area contributed by atoms with Crippen LogP contribution in [-0.2, 0) is 13.0 Å². The van der Waals surface area contributed by atoms with Gasteiger partial charge in [0.1, 0.15) is 0 Å². The van der Waals surface area contributed by atoms with Gasteiger partial charge < -0.3 is 0 Å². The van der Waals surface area contributed by atoms with Crippen LogP contribution >= 0.6 is 34.1 Å². The zero-order chi connectivity index (χ0) is 16.3. The summed E-state index contributed by atoms with van der Waals surface area (Å²) < 4.78 is 1.98. The van der Waals surface area contributed by atoms with Gasteiger partial charge in [0.15, 0.2) is 0 Å². The molecule has 0 heterocycles. The second-order valence-corrected chi connectivity index (χ2v) is 29.1. The minimum absolute atomic E-state index is 0. The summed E-state index contributed by atoms with van der Waals surface area (Å²) in [7, 11) is 9.76. The maximum Gasteiger partial charge on any atom is -0.147 e. The van der Waals surface area contributed by atoms with Crippen LogP contribution in [0.1, 0.15) is 43.0 Å². The summed E-state index contributed by atoms with van der Waals surface area (Å²) >= 11 is -3.35. The second kappa shape index (κ2) is 7.10. The van der Waals surface area contributed by atoms with Crippen molar-refractivity contribution in [3.63, 3.8) is 0 Å². The molecule has 0 nitrogen and oxygen atoms in total. The zero-order valence-electron chi connectivity index (χ0n) is 15.0. The molecular weight excluding hydrogens is 411 g/mol. The predicted octanol–water partition coefficient (Wildman–Crippen LogP) is 6.30. The summed E-state index contributed by atoms with van der Waals surface area (Å²) in [4.78, 5) is 0. The first-order valence-electron chi connectivity index (χ1n) is 8.06. The molecule has 0 amide bonds. The van der Waals surface area contributed by atoms with E-state index in [1.165, 1.54) is 27.8 Å². The summed E-state index contributed by atoms with van der Waals surface area (Å²) in [6.45, 7) is 9.16. The molecule has 0 saturated carbocycles. The molecule has 5 heteroatoms. The Morgan fingerprint density at radius 2 is 1.62 bits per heavy atom. The van der Waals surface area contributed by atoms with Crippen LogP contribution in [0.2, 0.25) is 5.23 Å². The van der Waals surface area contributed by atoms with Crippen LogP contribution in [0.5, 0.6) is 0 Å². The number of hydrogen-bond acceptors (Lipinski definition) is 0. The molecule has 0 aliphatic heterocycles. The molecule has 1 aromatic carbocycles. The molecule has 2 atom stereocenters. The summed E-state index contributed by atoms with van der Waals surface area (Å²) in [6.07, 6.45) is 4.64. The molecular formula is C19H27Cl3SiTi. The first-order chi connectivity index (χ1) is 10.1. The van der Waals surface area contributed by atoms with Crippen molar-refractivity contribution in [3.05, 3.63) is 62.1 Å². The number of fused-ring (bicyclic) bond motifs is 1. The van der Waals surface area contributed by atoms with E-state index in [2.05, 4.69) is 77.0 Å². The van der Waals surface area contributed by atoms with Gasteiger partial charge in [-0.15, -0.1) is 24.8 Å². The molecule has 24 heavy (non-hydrogen) atoms. The molecule has 0 aromatic heterocycles. The third-order valence-corrected chi connectivity index (χ3v) is 18.0. The van der Waals surface area contributed by atoms with Gasteiger partial charge >= 0.3 is 141 Å². The van der Waals surface area contributed by atoms with Gasteiger partial charge in [-0.2, -0.15) is 0 Å². The van der Waals surface area contributed by atoms with E-state index in [9.17, 15) is 0 Å². The molecule has 0 saturated heterocycles. The third kappa shape index (κ3) is 3.17. The zero-order valence-corrected chi connectivity index (χ0v) is 20.4. The largest absolute Gasteiger partial charge is 0.147 e. The van der Waals surface area contributed by atoms with Crippen LogP contribution < -0.4 is 0 Å². The quantitative estimate of drug-likeness (QED) is 0.476. The third-order valence-electron chi connectivity index (χ3n) is 5.96. The van der Waals surface area contributed by atoms with Crippen molar-refractivity contribution in [2.75, 3.05) is 0 Å². The van der Waals surface area contributed by atoms with Crippen LogP contribution in [0.3, 0.4) is 0 Å². The van der Waals surface area contributed by atoms with Gasteiger partial charge in [-0.3, -0.25) is 0 Å². The average molecular weight is 438 g/mol. The standard InChI is InChI=1S/C9H7.C9H13.CH3.3ClH.H2Si.Ti/c1-2-5-9-7-3-6-8(9)4-1;1-6-5-7(2)9(4)8(6)3;;;;;;/h1-7H;6H,1-4H3;1H3;3*1H;1H2;/q;;;;;;;+1/p-1. The van der Waals surface area contributed by atoms with Crippen molar-refractivity contribution in [2.45, 2.75) is 37.1 Å². The Hall–Kier alpha value is 0.241. The Labute approximate surface area is 165 Å². The van der Waals surface area contributed by atoms with Gasteiger partial charge in [-0.05, 0) is 0 Å². The first-order valence-corrected chi connectivity index (χ1v) is 17.5. The van der Waals surface area contributed by atoms with E-state index < -0.39 is 13.0 Å². The van der Waals surface area contributed by atoms with E-state index >= 15 is 0 Å². The van der Waals surface area contributed by atoms with E-state index in [1.807, 2.05) is 0 Å². The smallest absolute Gasteiger partial charge is 0.147 e. The van der Waals surface area contributed by atoms with E-state index in [0.717, 1.165) is 0 Å². The number of allylic oxidation sites excluding steroid dienone is 5. The van der Waals surface area contributed by atoms with Crippen molar-refractivity contribution in [2.24, 2.45) is 5.92 Å². The Bertz CT molecular complexity index is 827. The molecule has 0 radical (unpaired) electrons. The topological polar surface area (TPSA) is 0 Å². The van der Waals surface area contributed by atoms with Gasteiger partial charge in [0.05, 0.1) is 0 Å². The molecule has 132 valence electrons. The predicted molar refractivity (Wildman–Crippen MR) is 113 cm³/mol. The monoisotopic (exact) mass is 436 g/mol. The Morgan fingerprint density at radius 3 is 2.17 bits per heavy atom. The van der Waals surface area contributed by atoms with E-state index in [1.54, 1.807) is 3.88 Å². The van der Waals surface area contributed by atoms with Gasteiger partial charge in [-0.25, -0.2) is 0 Å². The molecule has 0 fully saturated rings. The molecule has 0 N–H and O–H groups in total. The fourth-order valence-electron chi connectivity index (χ4n) is 4.51. The number of hydrogen-bond donors (Lipinski definition) is 0. The molecule has 2 aliphatic carbocycles. The van der Waals surface area contributed by atoms with Crippen LogP contribution in [0.25, 0.3) is 6.08 Å². The van der Waals surface area contributed by atoms with Crippen LogP contribution in [0.4, 0.5) is 0 Å². The maximum absolute atomic E-state index is 7.62. The minimum atomic E-state index is -3.35. The summed E-state index contributed by atoms with van der Waals surface area (Å²) in [5.41, 5.74) is 7.21. The molecule has 3 rings (SSSR count). The maximum atomic E-state index is 7.62. The Kier molecular flexibility index (Phi) is 6.59. The Morgan fingerprint density at radius 1 is 1.04 bits per heavy atom. The van der Waals surface area contributed by atoms with Crippen LogP contribution in [0.15, 0.2) is 50.9 Å². The van der Waals surface area contributed by atoms with Gasteiger partial charge in [0.25, 0.3) is 0 Å². The second-order valence-electron chi connectivity index (χ2n) is 7.48. The molecule has 2 aliphatic rings. The first kappa shape index (κ1) is 22.3. The molecule has 0 spiro atoms. The number of benzene rings is 1. The van der Waals surface area contributed by atoms with Crippen molar-refractivity contribution in [3.8, 4) is 0 Å². The summed E-state index contributed by atoms with van der Waals surface area (Å²) in [6, 6.07) is 8.75. The van der Waals surface area contributed by atoms with Crippen molar-refractivity contribution >= 4 is 47.8 Å². The molecule has 0 bridgehead atoms. The van der Waals surface area contributed by atoms with Crippen molar-refractivity contribution in [1.29, 1.82) is 0 Å². The Balaban J connectivity index is 0.00000144. The van der Waals surface area contributed by atoms with Crippen molar-refractivity contribution in [1.82, 2.24) is 0 Å². The normalized spacial score (nSPS) is 23.1. The van der Waals surface area contributed by atoms with Gasteiger partial charge in [-0.1, -0.05) is 0 Å². The van der Waals surface area contributed by atoms with E-state index in [-0.39, 0.29) is 24.8 Å². The van der Waals surface area contributed by atoms with Crippen LogP contribution in [-0.4, -0.2) is 7.63 Å². The SMILES string of the molecule is CC1=C(C)C(C)[C]([Ti]([CH3])(=[SiH2])([Cl])[CH]2C=Cc3ccccc32)=C1C.Cl.Cl. The molecule has 2 unspecified atom stereocenters. The summed E-state index contributed by atoms with van der Waals surface area (Å²) in [5, 5.41) is 2.41. The molecule has 1 aromatic rings. The average Bonchev–Trinajstić information content (AvgIpc) is 2.96. The van der Waals surface area contributed by atoms with E-state index in [4.69, 9.17) is 9.30 Å².